The molecule has 1 aliphatic rings. The summed E-state index contributed by atoms with van der Waals surface area (Å²) in [4.78, 5) is 14.8. The first-order valence-corrected chi connectivity index (χ1v) is 7.45. The van der Waals surface area contributed by atoms with Crippen molar-refractivity contribution in [3.05, 3.63) is 29.3 Å². The molecule has 1 aliphatic heterocycles. The summed E-state index contributed by atoms with van der Waals surface area (Å²) in [6.07, 6.45) is 2.96. The van der Waals surface area contributed by atoms with Crippen LogP contribution in [0.25, 0.3) is 0 Å². The van der Waals surface area contributed by atoms with Crippen LogP contribution in [0, 0.1) is 6.92 Å². The highest BCUT2D eigenvalue weighted by atomic mass is 16.3. The largest absolute Gasteiger partial charge is 0.508 e. The summed E-state index contributed by atoms with van der Waals surface area (Å²) in [5, 5.41) is 13.1. The lowest BCUT2D eigenvalue weighted by molar-refractivity contribution is 0.0641. The lowest BCUT2D eigenvalue weighted by Crippen LogP contribution is -2.46. The van der Waals surface area contributed by atoms with E-state index in [1.807, 2.05) is 4.90 Å². The minimum absolute atomic E-state index is 0.0483. The number of piperidine rings is 1. The number of aromatic hydroxyl groups is 1. The summed E-state index contributed by atoms with van der Waals surface area (Å²) in [6, 6.07) is 5.48. The maximum atomic E-state index is 12.8. The van der Waals surface area contributed by atoms with Crippen LogP contribution in [0.5, 0.6) is 5.75 Å². The first-order valence-electron chi connectivity index (χ1n) is 7.45. The third-order valence-electron chi connectivity index (χ3n) is 4.01. The first-order chi connectivity index (χ1) is 9.65. The molecule has 1 aromatic rings. The van der Waals surface area contributed by atoms with Gasteiger partial charge in [-0.15, -0.1) is 0 Å². The van der Waals surface area contributed by atoms with E-state index in [1.54, 1.807) is 25.1 Å². The van der Waals surface area contributed by atoms with Crippen molar-refractivity contribution in [3.8, 4) is 5.75 Å². The van der Waals surface area contributed by atoms with Crippen LogP contribution in [0.15, 0.2) is 18.2 Å². The molecule has 0 unspecified atom stereocenters. The van der Waals surface area contributed by atoms with Crippen LogP contribution >= 0.6 is 0 Å². The normalized spacial score (nSPS) is 16.1. The van der Waals surface area contributed by atoms with Crippen molar-refractivity contribution in [2.45, 2.75) is 39.2 Å². The van der Waals surface area contributed by atoms with Gasteiger partial charge in [0.05, 0.1) is 0 Å². The fraction of sp³-hybridized carbons (Fsp3) is 0.562. The Morgan fingerprint density at radius 1 is 1.40 bits per heavy atom. The molecular weight excluding hydrogens is 252 g/mol. The summed E-state index contributed by atoms with van der Waals surface area (Å²) >= 11 is 0. The zero-order valence-electron chi connectivity index (χ0n) is 12.4. The molecule has 4 nitrogen and oxygen atoms in total. The number of carbonyl (C=O) groups excluding carboxylic acids is 1. The van der Waals surface area contributed by atoms with Gasteiger partial charge in [-0.3, -0.25) is 4.79 Å². The number of hydrogen-bond donors (Lipinski definition) is 2. The van der Waals surface area contributed by atoms with Crippen LogP contribution < -0.4 is 5.32 Å². The fourth-order valence-electron chi connectivity index (χ4n) is 2.82. The lowest BCUT2D eigenvalue weighted by Gasteiger charge is -2.35. The lowest BCUT2D eigenvalue weighted by atomic mass is 10.0. The van der Waals surface area contributed by atoms with Crippen molar-refractivity contribution in [3.63, 3.8) is 0 Å². The van der Waals surface area contributed by atoms with Crippen molar-refractivity contribution >= 4 is 5.91 Å². The molecular formula is C16H24N2O2. The molecule has 20 heavy (non-hydrogen) atoms. The SMILES string of the molecule is CCCN(C(=O)c1cccc(O)c1C)C1CCNCC1. The van der Waals surface area contributed by atoms with Gasteiger partial charge >= 0.3 is 0 Å². The maximum Gasteiger partial charge on any atom is 0.254 e. The predicted octanol–water partition coefficient (Wildman–Crippen LogP) is 2.30. The van der Waals surface area contributed by atoms with E-state index >= 15 is 0 Å². The number of amides is 1. The van der Waals surface area contributed by atoms with Gasteiger partial charge in [0.2, 0.25) is 0 Å². The second-order valence-corrected chi connectivity index (χ2v) is 5.43. The van der Waals surface area contributed by atoms with Crippen LogP contribution in [0.2, 0.25) is 0 Å². The minimum atomic E-state index is 0.0483. The van der Waals surface area contributed by atoms with Crippen molar-refractivity contribution in [2.75, 3.05) is 19.6 Å². The molecule has 110 valence electrons. The van der Waals surface area contributed by atoms with Crippen LogP contribution in [-0.2, 0) is 0 Å². The van der Waals surface area contributed by atoms with E-state index in [9.17, 15) is 9.90 Å². The van der Waals surface area contributed by atoms with Gasteiger partial charge in [0, 0.05) is 23.7 Å². The number of nitrogens with zero attached hydrogens (tertiary/aromatic N) is 1. The van der Waals surface area contributed by atoms with E-state index < -0.39 is 0 Å². The molecule has 1 aromatic carbocycles. The first kappa shape index (κ1) is 14.9. The van der Waals surface area contributed by atoms with Gasteiger partial charge in [0.1, 0.15) is 5.75 Å². The van der Waals surface area contributed by atoms with E-state index in [-0.39, 0.29) is 11.7 Å². The molecule has 0 aliphatic carbocycles. The standard InChI is InChI=1S/C16H24N2O2/c1-3-11-18(13-7-9-17-10-8-13)16(20)14-5-4-6-15(19)12(14)2/h4-6,13,17,19H,3,7-11H2,1-2H3. The molecule has 0 aromatic heterocycles. The number of rotatable bonds is 4. The molecule has 1 heterocycles. The number of nitrogens with one attached hydrogen (secondary N) is 1. The number of hydrogen-bond acceptors (Lipinski definition) is 3. The average Bonchev–Trinajstić information content (AvgIpc) is 2.48. The molecule has 0 radical (unpaired) electrons. The third kappa shape index (κ3) is 3.12. The molecule has 2 N–H and O–H groups in total. The van der Waals surface area contributed by atoms with Gasteiger partial charge in [0.25, 0.3) is 5.91 Å². The second-order valence-electron chi connectivity index (χ2n) is 5.43. The van der Waals surface area contributed by atoms with Crippen molar-refractivity contribution in [2.24, 2.45) is 0 Å². The van der Waals surface area contributed by atoms with E-state index in [2.05, 4.69) is 12.2 Å². The topological polar surface area (TPSA) is 52.6 Å². The summed E-state index contributed by atoms with van der Waals surface area (Å²) in [7, 11) is 0. The maximum absolute atomic E-state index is 12.8. The van der Waals surface area contributed by atoms with E-state index in [0.717, 1.165) is 38.9 Å². The minimum Gasteiger partial charge on any atom is -0.508 e. The summed E-state index contributed by atoms with van der Waals surface area (Å²) in [6.45, 7) is 6.61. The van der Waals surface area contributed by atoms with E-state index in [0.29, 0.717) is 17.2 Å². The van der Waals surface area contributed by atoms with Crippen LogP contribution in [0.4, 0.5) is 0 Å². The zero-order valence-corrected chi connectivity index (χ0v) is 12.4. The quantitative estimate of drug-likeness (QED) is 0.887. The molecule has 1 amide bonds. The number of phenolic OH excluding ortho intramolecular Hbond substituents is 1. The summed E-state index contributed by atoms with van der Waals surface area (Å²) in [5.41, 5.74) is 1.30. The van der Waals surface area contributed by atoms with Crippen molar-refractivity contribution < 1.29 is 9.90 Å². The molecule has 0 saturated carbocycles. The Hall–Kier alpha value is -1.55. The van der Waals surface area contributed by atoms with Crippen LogP contribution in [0.3, 0.4) is 0 Å². The highest BCUT2D eigenvalue weighted by Gasteiger charge is 2.26. The van der Waals surface area contributed by atoms with Gasteiger partial charge in [-0.25, -0.2) is 0 Å². The van der Waals surface area contributed by atoms with E-state index in [4.69, 9.17) is 0 Å². The van der Waals surface area contributed by atoms with Crippen molar-refractivity contribution in [1.29, 1.82) is 0 Å². The van der Waals surface area contributed by atoms with Crippen LogP contribution in [-0.4, -0.2) is 41.6 Å². The second kappa shape index (κ2) is 6.75. The van der Waals surface area contributed by atoms with Gasteiger partial charge in [-0.2, -0.15) is 0 Å². The Morgan fingerprint density at radius 3 is 2.75 bits per heavy atom. The van der Waals surface area contributed by atoms with Gasteiger partial charge in [-0.05, 0) is 51.4 Å². The monoisotopic (exact) mass is 276 g/mol. The Bertz CT molecular complexity index is 468. The van der Waals surface area contributed by atoms with E-state index in [1.165, 1.54) is 0 Å². The summed E-state index contributed by atoms with van der Waals surface area (Å²) in [5.74, 6) is 0.241. The number of benzene rings is 1. The third-order valence-corrected chi connectivity index (χ3v) is 4.01. The Kier molecular flexibility index (Phi) is 5.01. The predicted molar refractivity (Wildman–Crippen MR) is 80.1 cm³/mol. The van der Waals surface area contributed by atoms with Gasteiger partial charge in [-0.1, -0.05) is 13.0 Å². The number of phenols is 1. The fourth-order valence-corrected chi connectivity index (χ4v) is 2.82. The van der Waals surface area contributed by atoms with Gasteiger partial charge in [0.15, 0.2) is 0 Å². The Labute approximate surface area is 120 Å². The molecule has 4 heteroatoms. The highest BCUT2D eigenvalue weighted by Crippen LogP contribution is 2.23. The smallest absolute Gasteiger partial charge is 0.254 e. The highest BCUT2D eigenvalue weighted by molar-refractivity contribution is 5.96. The zero-order chi connectivity index (χ0) is 14.5. The molecule has 0 atom stereocenters. The molecule has 0 spiro atoms. The molecule has 1 fully saturated rings. The molecule has 1 saturated heterocycles. The molecule has 0 bridgehead atoms. The Balaban J connectivity index is 2.23. The number of carbonyl (C=O) groups is 1. The Morgan fingerprint density at radius 2 is 2.10 bits per heavy atom. The molecule has 2 rings (SSSR count). The van der Waals surface area contributed by atoms with Crippen LogP contribution in [0.1, 0.15) is 42.1 Å². The summed E-state index contributed by atoms with van der Waals surface area (Å²) < 4.78 is 0. The average molecular weight is 276 g/mol. The van der Waals surface area contributed by atoms with Gasteiger partial charge < -0.3 is 15.3 Å². The van der Waals surface area contributed by atoms with Crippen molar-refractivity contribution in [1.82, 2.24) is 10.2 Å².